The van der Waals surface area contributed by atoms with E-state index < -0.39 is 5.82 Å². The minimum Gasteiger partial charge on any atom is -0.483 e. The molecule has 1 aliphatic carbocycles. The second-order valence-corrected chi connectivity index (χ2v) is 7.41. The molecule has 6 heteroatoms. The quantitative estimate of drug-likeness (QED) is 0.773. The van der Waals surface area contributed by atoms with Crippen LogP contribution in [0.2, 0.25) is 0 Å². The van der Waals surface area contributed by atoms with Crippen LogP contribution in [-0.2, 0) is 4.79 Å². The van der Waals surface area contributed by atoms with Gasteiger partial charge in [-0.15, -0.1) is 0 Å². The second-order valence-electron chi connectivity index (χ2n) is 6.49. The molecule has 3 rings (SSSR count). The molecule has 1 amide bonds. The minimum atomic E-state index is -0.404. The molecule has 0 heterocycles. The monoisotopic (exact) mass is 419 g/mol. The number of ether oxygens (including phenoxy) is 1. The molecule has 4 nitrogen and oxygen atoms in total. The molecule has 0 unspecified atom stereocenters. The Kier molecular flexibility index (Phi) is 5.41. The fourth-order valence-corrected chi connectivity index (χ4v) is 3.47. The van der Waals surface area contributed by atoms with Crippen molar-refractivity contribution in [1.29, 1.82) is 0 Å². The van der Waals surface area contributed by atoms with Crippen LogP contribution in [0.1, 0.15) is 53.7 Å². The van der Waals surface area contributed by atoms with Crippen molar-refractivity contribution in [3.05, 3.63) is 63.4 Å². The summed E-state index contributed by atoms with van der Waals surface area (Å²) in [6.07, 6.45) is 0.263. The zero-order valence-corrected chi connectivity index (χ0v) is 16.1. The first kappa shape index (κ1) is 18.6. The number of hydrogen-bond donors (Lipinski definition) is 1. The summed E-state index contributed by atoms with van der Waals surface area (Å²) in [6, 6.07) is 10.2. The van der Waals surface area contributed by atoms with Crippen LogP contribution < -0.4 is 10.1 Å². The highest BCUT2D eigenvalue weighted by Gasteiger charge is 2.32. The van der Waals surface area contributed by atoms with E-state index in [2.05, 4.69) is 21.2 Å². The summed E-state index contributed by atoms with van der Waals surface area (Å²) in [6.45, 7) is 3.45. The summed E-state index contributed by atoms with van der Waals surface area (Å²) < 4.78 is 20.5. The highest BCUT2D eigenvalue weighted by atomic mass is 79.9. The van der Waals surface area contributed by atoms with Gasteiger partial charge in [-0.25, -0.2) is 4.39 Å². The number of halogens is 2. The number of amides is 1. The Balaban J connectivity index is 1.65. The lowest BCUT2D eigenvalue weighted by Crippen LogP contribution is -2.31. The molecular formula is C20H19BrFNO3. The van der Waals surface area contributed by atoms with Crippen molar-refractivity contribution < 1.29 is 18.7 Å². The Morgan fingerprint density at radius 2 is 2.00 bits per heavy atom. The van der Waals surface area contributed by atoms with Gasteiger partial charge >= 0.3 is 0 Å². The molecule has 0 bridgehead atoms. The first-order valence-corrected chi connectivity index (χ1v) is 9.19. The molecule has 2 aromatic carbocycles. The maximum absolute atomic E-state index is 14.0. The van der Waals surface area contributed by atoms with Crippen LogP contribution in [0, 0.1) is 5.82 Å². The Hall–Kier alpha value is -2.21. The smallest absolute Gasteiger partial charge is 0.258 e. The van der Waals surface area contributed by atoms with Crippen molar-refractivity contribution in [3.63, 3.8) is 0 Å². The SMILES string of the molecule is C[C@@H]1CC(=O)c2c(OCC(=O)N[C@@H](C)c3ccc(Br)cc3)ccc(F)c21. The lowest BCUT2D eigenvalue weighted by molar-refractivity contribution is -0.123. The topological polar surface area (TPSA) is 55.4 Å². The standard InChI is InChI=1S/C20H19BrFNO3/c1-11-9-16(24)20-17(8-7-15(22)19(11)20)26-10-18(25)23-12(2)13-3-5-14(21)6-4-13/h3-8,11-12H,9-10H2,1-2H3,(H,23,25)/t11-,12+/m1/s1. The number of rotatable bonds is 5. The van der Waals surface area contributed by atoms with Gasteiger partial charge in [0.15, 0.2) is 12.4 Å². The van der Waals surface area contributed by atoms with E-state index in [0.717, 1.165) is 10.0 Å². The van der Waals surface area contributed by atoms with Crippen LogP contribution in [0.5, 0.6) is 5.75 Å². The number of benzene rings is 2. The zero-order valence-electron chi connectivity index (χ0n) is 14.5. The molecule has 26 heavy (non-hydrogen) atoms. The Morgan fingerprint density at radius 1 is 1.31 bits per heavy atom. The third kappa shape index (κ3) is 3.80. The Bertz CT molecular complexity index is 851. The van der Waals surface area contributed by atoms with Gasteiger partial charge in [0.05, 0.1) is 11.6 Å². The summed E-state index contributed by atoms with van der Waals surface area (Å²) >= 11 is 3.37. The number of carbonyl (C=O) groups is 2. The highest BCUT2D eigenvalue weighted by Crippen LogP contribution is 2.39. The van der Waals surface area contributed by atoms with Crippen molar-refractivity contribution in [2.24, 2.45) is 0 Å². The van der Waals surface area contributed by atoms with Crippen LogP contribution >= 0.6 is 15.9 Å². The fourth-order valence-electron chi connectivity index (χ4n) is 3.21. The average molecular weight is 420 g/mol. The fraction of sp³-hybridized carbons (Fsp3) is 0.300. The number of ketones is 1. The van der Waals surface area contributed by atoms with E-state index in [1.807, 2.05) is 38.1 Å². The van der Waals surface area contributed by atoms with E-state index in [1.165, 1.54) is 12.1 Å². The normalized spacial score (nSPS) is 16.9. The highest BCUT2D eigenvalue weighted by molar-refractivity contribution is 9.10. The van der Waals surface area contributed by atoms with E-state index in [1.54, 1.807) is 0 Å². The predicted octanol–water partition coefficient (Wildman–Crippen LogP) is 4.53. The molecule has 0 fully saturated rings. The maximum atomic E-state index is 14.0. The van der Waals surface area contributed by atoms with Gasteiger partial charge in [-0.1, -0.05) is 35.0 Å². The summed E-state index contributed by atoms with van der Waals surface area (Å²) in [5.41, 5.74) is 1.62. The van der Waals surface area contributed by atoms with Gasteiger partial charge < -0.3 is 10.1 Å². The lowest BCUT2D eigenvalue weighted by atomic mass is 10.0. The van der Waals surface area contributed by atoms with E-state index >= 15 is 0 Å². The number of hydrogen-bond acceptors (Lipinski definition) is 3. The summed E-state index contributed by atoms with van der Waals surface area (Å²) in [5, 5.41) is 2.85. The van der Waals surface area contributed by atoms with Crippen LogP contribution in [-0.4, -0.2) is 18.3 Å². The van der Waals surface area contributed by atoms with Gasteiger partial charge in [-0.05, 0) is 42.7 Å². The van der Waals surface area contributed by atoms with E-state index in [-0.39, 0.29) is 48.0 Å². The molecule has 0 spiro atoms. The summed E-state index contributed by atoms with van der Waals surface area (Å²) in [5.74, 6) is -0.767. The molecule has 0 saturated heterocycles. The first-order chi connectivity index (χ1) is 12.4. The van der Waals surface area contributed by atoms with E-state index in [9.17, 15) is 14.0 Å². The van der Waals surface area contributed by atoms with Crippen molar-refractivity contribution >= 4 is 27.6 Å². The zero-order chi connectivity index (χ0) is 18.8. The third-order valence-electron chi connectivity index (χ3n) is 4.52. The first-order valence-electron chi connectivity index (χ1n) is 8.40. The van der Waals surface area contributed by atoms with Gasteiger partial charge in [0.25, 0.3) is 5.91 Å². The van der Waals surface area contributed by atoms with Crippen LogP contribution in [0.15, 0.2) is 40.9 Å². The van der Waals surface area contributed by atoms with Crippen molar-refractivity contribution in [2.75, 3.05) is 6.61 Å². The van der Waals surface area contributed by atoms with Gasteiger partial charge in [0.1, 0.15) is 11.6 Å². The average Bonchev–Trinajstić information content (AvgIpc) is 2.90. The number of carbonyl (C=O) groups excluding carboxylic acids is 2. The van der Waals surface area contributed by atoms with Crippen LogP contribution in [0.25, 0.3) is 0 Å². The van der Waals surface area contributed by atoms with E-state index in [4.69, 9.17) is 4.74 Å². The predicted molar refractivity (Wildman–Crippen MR) is 100.0 cm³/mol. The van der Waals surface area contributed by atoms with E-state index in [0.29, 0.717) is 5.56 Å². The van der Waals surface area contributed by atoms with Crippen LogP contribution in [0.4, 0.5) is 4.39 Å². The molecule has 0 saturated carbocycles. The van der Waals surface area contributed by atoms with Crippen LogP contribution in [0.3, 0.4) is 0 Å². The maximum Gasteiger partial charge on any atom is 0.258 e. The minimum absolute atomic E-state index is 0.148. The van der Waals surface area contributed by atoms with Gasteiger partial charge in [-0.3, -0.25) is 9.59 Å². The molecule has 0 aromatic heterocycles. The number of Topliss-reactive ketones (excluding diaryl/α,β-unsaturated/α-hetero) is 1. The lowest BCUT2D eigenvalue weighted by Gasteiger charge is -2.16. The molecule has 1 aliphatic rings. The summed E-state index contributed by atoms with van der Waals surface area (Å²) in [7, 11) is 0. The second kappa shape index (κ2) is 7.58. The summed E-state index contributed by atoms with van der Waals surface area (Å²) in [4.78, 5) is 24.3. The molecule has 1 N–H and O–H groups in total. The number of nitrogens with one attached hydrogen (secondary N) is 1. The van der Waals surface area contributed by atoms with Crippen molar-refractivity contribution in [3.8, 4) is 5.75 Å². The van der Waals surface area contributed by atoms with Gasteiger partial charge in [0.2, 0.25) is 0 Å². The molecular weight excluding hydrogens is 401 g/mol. The largest absolute Gasteiger partial charge is 0.483 e. The molecule has 0 radical (unpaired) electrons. The Labute approximate surface area is 159 Å². The molecule has 136 valence electrons. The molecule has 2 aromatic rings. The number of fused-ring (bicyclic) bond motifs is 1. The molecule has 2 atom stereocenters. The third-order valence-corrected chi connectivity index (χ3v) is 5.05. The van der Waals surface area contributed by atoms with Gasteiger partial charge in [-0.2, -0.15) is 0 Å². The van der Waals surface area contributed by atoms with Crippen molar-refractivity contribution in [1.82, 2.24) is 5.32 Å². The van der Waals surface area contributed by atoms with Gasteiger partial charge in [0, 0.05) is 16.5 Å². The van der Waals surface area contributed by atoms with Crippen molar-refractivity contribution in [2.45, 2.75) is 32.2 Å². The Morgan fingerprint density at radius 3 is 2.69 bits per heavy atom. The molecule has 0 aliphatic heterocycles.